The van der Waals surface area contributed by atoms with Crippen molar-refractivity contribution in [2.75, 3.05) is 13.1 Å². The predicted octanol–water partition coefficient (Wildman–Crippen LogP) is 4.80. The first-order valence-electron chi connectivity index (χ1n) is 9.53. The molecule has 1 saturated heterocycles. The van der Waals surface area contributed by atoms with Gasteiger partial charge >= 0.3 is 5.97 Å². The third-order valence-electron chi connectivity index (χ3n) is 5.21. The quantitative estimate of drug-likeness (QED) is 0.666. The van der Waals surface area contributed by atoms with Crippen molar-refractivity contribution < 1.29 is 13.9 Å². The summed E-state index contributed by atoms with van der Waals surface area (Å²) in [6, 6.07) is 24.0. The van der Waals surface area contributed by atoms with Crippen molar-refractivity contribution in [1.82, 2.24) is 5.32 Å². The third kappa shape index (κ3) is 4.12. The van der Waals surface area contributed by atoms with Gasteiger partial charge in [-0.2, -0.15) is 0 Å². The molecule has 0 spiro atoms. The summed E-state index contributed by atoms with van der Waals surface area (Å²) in [5, 5.41) is 3.28. The Balaban J connectivity index is 1.47. The van der Waals surface area contributed by atoms with Crippen LogP contribution >= 0.6 is 0 Å². The van der Waals surface area contributed by atoms with Crippen molar-refractivity contribution in [2.24, 2.45) is 0 Å². The van der Waals surface area contributed by atoms with Gasteiger partial charge in [-0.15, -0.1) is 0 Å². The van der Waals surface area contributed by atoms with Gasteiger partial charge in [-0.05, 0) is 53.9 Å². The smallest absolute Gasteiger partial charge is 0.338 e. The summed E-state index contributed by atoms with van der Waals surface area (Å²) in [7, 11) is 0. The first kappa shape index (κ1) is 18.4. The summed E-state index contributed by atoms with van der Waals surface area (Å²) in [6.45, 7) is 1.44. The van der Waals surface area contributed by atoms with Gasteiger partial charge in [0.2, 0.25) is 0 Å². The highest BCUT2D eigenvalue weighted by atomic mass is 19.1. The molecule has 1 heterocycles. The van der Waals surface area contributed by atoms with E-state index in [0.29, 0.717) is 12.1 Å². The first-order chi connectivity index (χ1) is 13.7. The molecular formula is C24H22FNO2. The fourth-order valence-corrected chi connectivity index (χ4v) is 3.68. The molecule has 1 aliphatic heterocycles. The van der Waals surface area contributed by atoms with Gasteiger partial charge in [0.05, 0.1) is 5.56 Å². The minimum Gasteiger partial charge on any atom is -0.457 e. The van der Waals surface area contributed by atoms with E-state index in [-0.39, 0.29) is 23.8 Å². The fourth-order valence-electron chi connectivity index (χ4n) is 3.68. The van der Waals surface area contributed by atoms with E-state index in [2.05, 4.69) is 5.32 Å². The Hall–Kier alpha value is -2.98. The van der Waals surface area contributed by atoms with E-state index in [1.807, 2.05) is 42.5 Å². The zero-order valence-corrected chi connectivity index (χ0v) is 15.5. The Bertz CT molecular complexity index is 923. The second-order valence-electron chi connectivity index (χ2n) is 7.04. The zero-order valence-electron chi connectivity index (χ0n) is 15.5. The lowest BCUT2D eigenvalue weighted by Gasteiger charge is -2.32. The van der Waals surface area contributed by atoms with Gasteiger partial charge in [0, 0.05) is 12.5 Å². The van der Waals surface area contributed by atoms with Crippen molar-refractivity contribution in [3.8, 4) is 11.1 Å². The molecule has 3 aromatic carbocycles. The van der Waals surface area contributed by atoms with Gasteiger partial charge in [-0.25, -0.2) is 9.18 Å². The van der Waals surface area contributed by atoms with Gasteiger partial charge in [0.1, 0.15) is 11.9 Å². The Labute approximate surface area is 164 Å². The lowest BCUT2D eigenvalue weighted by Crippen LogP contribution is -2.42. The van der Waals surface area contributed by atoms with Crippen molar-refractivity contribution >= 4 is 5.97 Å². The second kappa shape index (κ2) is 8.36. The van der Waals surface area contributed by atoms with E-state index in [1.165, 1.54) is 12.1 Å². The molecule has 3 aromatic rings. The summed E-state index contributed by atoms with van der Waals surface area (Å²) in [4.78, 5) is 12.7. The molecule has 1 aliphatic rings. The van der Waals surface area contributed by atoms with Gasteiger partial charge < -0.3 is 10.1 Å². The van der Waals surface area contributed by atoms with Crippen molar-refractivity contribution in [3.63, 3.8) is 0 Å². The molecule has 4 heteroatoms. The van der Waals surface area contributed by atoms with Gasteiger partial charge in [0.25, 0.3) is 0 Å². The molecule has 1 fully saturated rings. The Morgan fingerprint density at radius 3 is 2.29 bits per heavy atom. The fraction of sp³-hybridized carbons (Fsp3) is 0.208. The standard InChI is InChI=1S/C24H22FNO2/c25-21-12-10-19(11-13-21)22-14-15-26-16-23(22)28-24(27)20-8-6-18(7-9-20)17-4-2-1-3-5-17/h1-13,22-23,26H,14-16H2/t22-,23+/m1/s1. The van der Waals surface area contributed by atoms with E-state index in [4.69, 9.17) is 4.74 Å². The molecule has 0 aromatic heterocycles. The van der Waals surface area contributed by atoms with Crippen molar-refractivity contribution in [1.29, 1.82) is 0 Å². The average molecular weight is 375 g/mol. The number of carbonyl (C=O) groups excluding carboxylic acids is 1. The number of ether oxygens (including phenoxy) is 1. The van der Waals surface area contributed by atoms with Crippen LogP contribution in [0.25, 0.3) is 11.1 Å². The van der Waals surface area contributed by atoms with Crippen LogP contribution in [0, 0.1) is 5.82 Å². The van der Waals surface area contributed by atoms with Crippen molar-refractivity contribution in [2.45, 2.75) is 18.4 Å². The highest BCUT2D eigenvalue weighted by Crippen LogP contribution is 2.29. The minimum absolute atomic E-state index is 0.0643. The minimum atomic E-state index is -0.333. The van der Waals surface area contributed by atoms with Crippen molar-refractivity contribution in [3.05, 3.63) is 95.8 Å². The highest BCUT2D eigenvalue weighted by molar-refractivity contribution is 5.90. The second-order valence-corrected chi connectivity index (χ2v) is 7.04. The Morgan fingerprint density at radius 1 is 0.893 bits per heavy atom. The molecule has 28 heavy (non-hydrogen) atoms. The molecule has 4 rings (SSSR count). The van der Waals surface area contributed by atoms with Crippen LogP contribution in [-0.4, -0.2) is 25.2 Å². The monoisotopic (exact) mass is 375 g/mol. The number of benzene rings is 3. The van der Waals surface area contributed by atoms with E-state index in [0.717, 1.165) is 29.7 Å². The number of hydrogen-bond donors (Lipinski definition) is 1. The van der Waals surface area contributed by atoms with Gasteiger partial charge in [-0.3, -0.25) is 0 Å². The number of esters is 1. The van der Waals surface area contributed by atoms with Crippen LogP contribution in [0.5, 0.6) is 0 Å². The highest BCUT2D eigenvalue weighted by Gasteiger charge is 2.30. The molecule has 2 atom stereocenters. The maximum atomic E-state index is 13.2. The number of halogens is 1. The largest absolute Gasteiger partial charge is 0.457 e. The SMILES string of the molecule is O=C(O[C@H]1CNCC[C@@H]1c1ccc(F)cc1)c1ccc(-c2ccccc2)cc1. The molecule has 1 N–H and O–H groups in total. The van der Waals surface area contributed by atoms with Crippen LogP contribution in [-0.2, 0) is 4.74 Å². The summed E-state index contributed by atoms with van der Waals surface area (Å²) in [6.07, 6.45) is 0.566. The van der Waals surface area contributed by atoms with E-state index in [9.17, 15) is 9.18 Å². The Morgan fingerprint density at radius 2 is 1.57 bits per heavy atom. The summed E-state index contributed by atoms with van der Waals surface area (Å²) in [5.41, 5.74) is 3.69. The summed E-state index contributed by atoms with van der Waals surface area (Å²) >= 11 is 0. The maximum Gasteiger partial charge on any atom is 0.338 e. The normalized spacial score (nSPS) is 19.2. The van der Waals surface area contributed by atoms with Crippen LogP contribution in [0.2, 0.25) is 0 Å². The molecule has 0 unspecified atom stereocenters. The van der Waals surface area contributed by atoms with E-state index >= 15 is 0 Å². The number of carbonyl (C=O) groups is 1. The van der Waals surface area contributed by atoms with Crippen LogP contribution in [0.3, 0.4) is 0 Å². The lowest BCUT2D eigenvalue weighted by molar-refractivity contribution is 0.0182. The van der Waals surface area contributed by atoms with Gasteiger partial charge in [0.15, 0.2) is 0 Å². The van der Waals surface area contributed by atoms with Crippen LogP contribution in [0.4, 0.5) is 4.39 Å². The van der Waals surface area contributed by atoms with Crippen LogP contribution in [0.1, 0.15) is 28.3 Å². The molecule has 0 radical (unpaired) electrons. The van der Waals surface area contributed by atoms with E-state index in [1.54, 1.807) is 24.3 Å². The average Bonchev–Trinajstić information content (AvgIpc) is 2.75. The zero-order chi connectivity index (χ0) is 19.3. The molecule has 0 bridgehead atoms. The summed E-state index contributed by atoms with van der Waals surface area (Å²) in [5.74, 6) is -0.528. The molecule has 142 valence electrons. The molecular weight excluding hydrogens is 353 g/mol. The molecule has 0 saturated carbocycles. The van der Waals surface area contributed by atoms with E-state index < -0.39 is 0 Å². The number of piperidine rings is 1. The Kier molecular flexibility index (Phi) is 5.49. The number of nitrogens with one attached hydrogen (secondary N) is 1. The van der Waals surface area contributed by atoms with Crippen LogP contribution in [0.15, 0.2) is 78.9 Å². The number of hydrogen-bond acceptors (Lipinski definition) is 3. The first-order valence-corrected chi connectivity index (χ1v) is 9.53. The van der Waals surface area contributed by atoms with Gasteiger partial charge in [-0.1, -0.05) is 54.6 Å². The molecule has 3 nitrogen and oxygen atoms in total. The maximum absolute atomic E-state index is 13.2. The summed E-state index contributed by atoms with van der Waals surface area (Å²) < 4.78 is 19.1. The lowest BCUT2D eigenvalue weighted by atomic mass is 9.87. The number of rotatable bonds is 4. The molecule has 0 aliphatic carbocycles. The molecule has 0 amide bonds. The third-order valence-corrected chi connectivity index (χ3v) is 5.21. The topological polar surface area (TPSA) is 38.3 Å². The van der Waals surface area contributed by atoms with Crippen LogP contribution < -0.4 is 5.32 Å². The predicted molar refractivity (Wildman–Crippen MR) is 108 cm³/mol.